The smallest absolute Gasteiger partial charge is 0.337 e. The number of carboxylic acids is 1. The Balaban J connectivity index is 1.55. The van der Waals surface area contributed by atoms with E-state index in [4.69, 9.17) is 0 Å². The van der Waals surface area contributed by atoms with Crippen LogP contribution in [0.4, 0.5) is 21.7 Å². The van der Waals surface area contributed by atoms with Crippen molar-refractivity contribution in [3.63, 3.8) is 0 Å². The largest absolute Gasteiger partial charge is 0.478 e. The molecule has 2 N–H and O–H groups in total. The van der Waals surface area contributed by atoms with Gasteiger partial charge in [0.25, 0.3) is 10.0 Å². The number of carboxylic acid groups (broad SMARTS) is 1. The SMILES string of the molecule is O=C(O)c1cc(N2CCCN(c3ncccn3)CC2)ccc1NS(=O)(=O)c1ccc(F)cc1. The molecule has 1 saturated heterocycles. The van der Waals surface area contributed by atoms with Gasteiger partial charge in [0.2, 0.25) is 5.95 Å². The maximum Gasteiger partial charge on any atom is 0.337 e. The van der Waals surface area contributed by atoms with E-state index in [0.717, 1.165) is 37.2 Å². The zero-order valence-electron chi connectivity index (χ0n) is 17.6. The third kappa shape index (κ3) is 5.20. The van der Waals surface area contributed by atoms with Gasteiger partial charge < -0.3 is 14.9 Å². The van der Waals surface area contributed by atoms with Crippen LogP contribution in [-0.2, 0) is 10.0 Å². The molecule has 0 saturated carbocycles. The summed E-state index contributed by atoms with van der Waals surface area (Å²) >= 11 is 0. The Kier molecular flexibility index (Phi) is 6.40. The molecule has 172 valence electrons. The second-order valence-electron chi connectivity index (χ2n) is 7.47. The Hall–Kier alpha value is -3.73. The number of hydrogen-bond acceptors (Lipinski definition) is 7. The predicted molar refractivity (Wildman–Crippen MR) is 122 cm³/mol. The highest BCUT2D eigenvalue weighted by Gasteiger charge is 2.22. The first-order valence-corrected chi connectivity index (χ1v) is 11.7. The van der Waals surface area contributed by atoms with Crippen LogP contribution >= 0.6 is 0 Å². The molecule has 0 bridgehead atoms. The number of anilines is 3. The van der Waals surface area contributed by atoms with Gasteiger partial charge in [-0.15, -0.1) is 0 Å². The van der Waals surface area contributed by atoms with Crippen LogP contribution in [0.2, 0.25) is 0 Å². The number of aromatic nitrogens is 2. The molecule has 1 aliphatic heterocycles. The Labute approximate surface area is 190 Å². The van der Waals surface area contributed by atoms with Gasteiger partial charge in [0.15, 0.2) is 0 Å². The van der Waals surface area contributed by atoms with Gasteiger partial charge >= 0.3 is 5.97 Å². The number of benzene rings is 2. The highest BCUT2D eigenvalue weighted by Crippen LogP contribution is 2.27. The van der Waals surface area contributed by atoms with E-state index in [2.05, 4.69) is 19.6 Å². The van der Waals surface area contributed by atoms with Crippen molar-refractivity contribution in [2.24, 2.45) is 0 Å². The summed E-state index contributed by atoms with van der Waals surface area (Å²) in [5.41, 5.74) is 0.434. The van der Waals surface area contributed by atoms with Gasteiger partial charge in [-0.05, 0) is 55.0 Å². The first kappa shape index (κ1) is 22.5. The van der Waals surface area contributed by atoms with Crippen LogP contribution in [0, 0.1) is 5.82 Å². The van der Waals surface area contributed by atoms with Crippen molar-refractivity contribution in [3.8, 4) is 0 Å². The van der Waals surface area contributed by atoms with Gasteiger partial charge in [-0.1, -0.05) is 0 Å². The van der Waals surface area contributed by atoms with Crippen LogP contribution in [0.1, 0.15) is 16.8 Å². The third-order valence-corrected chi connectivity index (χ3v) is 6.68. The van der Waals surface area contributed by atoms with Crippen molar-refractivity contribution in [3.05, 3.63) is 72.3 Å². The van der Waals surface area contributed by atoms with Crippen LogP contribution in [0.15, 0.2) is 65.8 Å². The molecule has 2 aromatic carbocycles. The zero-order chi connectivity index (χ0) is 23.4. The van der Waals surface area contributed by atoms with E-state index in [1.807, 2.05) is 4.90 Å². The Morgan fingerprint density at radius 1 is 0.970 bits per heavy atom. The zero-order valence-corrected chi connectivity index (χ0v) is 18.4. The molecule has 0 amide bonds. The lowest BCUT2D eigenvalue weighted by Crippen LogP contribution is -2.31. The average molecular weight is 472 g/mol. The molecule has 1 aromatic heterocycles. The fraction of sp³-hybridized carbons (Fsp3) is 0.227. The molecule has 1 fully saturated rings. The lowest BCUT2D eigenvalue weighted by atomic mass is 10.1. The highest BCUT2D eigenvalue weighted by atomic mass is 32.2. The van der Waals surface area contributed by atoms with E-state index in [1.54, 1.807) is 24.5 Å². The summed E-state index contributed by atoms with van der Waals surface area (Å²) in [7, 11) is -4.08. The number of aromatic carboxylic acids is 1. The number of carbonyl (C=O) groups is 1. The van der Waals surface area contributed by atoms with Crippen molar-refractivity contribution < 1.29 is 22.7 Å². The fourth-order valence-corrected chi connectivity index (χ4v) is 4.72. The average Bonchev–Trinajstić information content (AvgIpc) is 3.06. The molecule has 33 heavy (non-hydrogen) atoms. The van der Waals surface area contributed by atoms with Crippen molar-refractivity contribution in [2.75, 3.05) is 40.7 Å². The van der Waals surface area contributed by atoms with Crippen LogP contribution < -0.4 is 14.5 Å². The number of halogens is 1. The number of nitrogens with one attached hydrogen (secondary N) is 1. The normalized spacial score (nSPS) is 14.6. The molecule has 0 aliphatic carbocycles. The maximum atomic E-state index is 13.1. The Morgan fingerprint density at radius 2 is 1.64 bits per heavy atom. The molecule has 0 atom stereocenters. The second kappa shape index (κ2) is 9.41. The van der Waals surface area contributed by atoms with Gasteiger partial charge in [0.05, 0.1) is 16.1 Å². The molecule has 11 heteroatoms. The van der Waals surface area contributed by atoms with Crippen LogP contribution in [-0.4, -0.2) is 55.6 Å². The van der Waals surface area contributed by atoms with E-state index in [9.17, 15) is 22.7 Å². The van der Waals surface area contributed by atoms with Gasteiger partial charge in [-0.2, -0.15) is 0 Å². The van der Waals surface area contributed by atoms with Crippen molar-refractivity contribution in [1.29, 1.82) is 0 Å². The van der Waals surface area contributed by atoms with Gasteiger partial charge in [0, 0.05) is 44.3 Å². The lowest BCUT2D eigenvalue weighted by molar-refractivity contribution is 0.0698. The molecule has 3 aromatic rings. The quantitative estimate of drug-likeness (QED) is 0.564. The molecular formula is C22H22FN5O4S. The minimum atomic E-state index is -4.08. The molecular weight excluding hydrogens is 449 g/mol. The fourth-order valence-electron chi connectivity index (χ4n) is 3.64. The summed E-state index contributed by atoms with van der Waals surface area (Å²) in [6, 6.07) is 10.6. The number of hydrogen-bond donors (Lipinski definition) is 2. The summed E-state index contributed by atoms with van der Waals surface area (Å²) in [5.74, 6) is -1.18. The maximum absolute atomic E-state index is 13.1. The van der Waals surface area contributed by atoms with Crippen LogP contribution in [0.25, 0.3) is 0 Å². The molecule has 4 rings (SSSR count). The second-order valence-corrected chi connectivity index (χ2v) is 9.15. The van der Waals surface area contributed by atoms with Gasteiger partial charge in [0.1, 0.15) is 5.82 Å². The summed E-state index contributed by atoms with van der Waals surface area (Å²) in [6.45, 7) is 2.74. The van der Waals surface area contributed by atoms with Crippen molar-refractivity contribution >= 4 is 33.3 Å². The van der Waals surface area contributed by atoms with E-state index < -0.39 is 21.8 Å². The van der Waals surface area contributed by atoms with E-state index in [1.165, 1.54) is 12.1 Å². The molecule has 0 radical (unpaired) electrons. The summed E-state index contributed by atoms with van der Waals surface area (Å²) in [4.78, 5) is 24.4. The van der Waals surface area contributed by atoms with E-state index in [-0.39, 0.29) is 16.1 Å². The van der Waals surface area contributed by atoms with Crippen LogP contribution in [0.5, 0.6) is 0 Å². The summed E-state index contributed by atoms with van der Waals surface area (Å²) in [6.07, 6.45) is 4.20. The molecule has 0 spiro atoms. The molecule has 9 nitrogen and oxygen atoms in total. The minimum absolute atomic E-state index is 0.0651. The molecule has 1 aliphatic rings. The number of nitrogens with zero attached hydrogens (tertiary/aromatic N) is 4. The first-order chi connectivity index (χ1) is 15.8. The topological polar surface area (TPSA) is 116 Å². The minimum Gasteiger partial charge on any atom is -0.478 e. The monoisotopic (exact) mass is 471 g/mol. The Bertz CT molecular complexity index is 1240. The van der Waals surface area contributed by atoms with Gasteiger partial charge in [-0.3, -0.25) is 4.72 Å². The van der Waals surface area contributed by atoms with Crippen LogP contribution in [0.3, 0.4) is 0 Å². The van der Waals surface area contributed by atoms with Crippen molar-refractivity contribution in [1.82, 2.24) is 9.97 Å². The molecule has 0 unspecified atom stereocenters. The number of rotatable bonds is 6. The predicted octanol–water partition coefficient (Wildman–Crippen LogP) is 2.83. The van der Waals surface area contributed by atoms with E-state index >= 15 is 0 Å². The summed E-state index contributed by atoms with van der Waals surface area (Å²) in [5, 5.41) is 9.71. The van der Waals surface area contributed by atoms with Gasteiger partial charge in [-0.25, -0.2) is 27.6 Å². The first-order valence-electron chi connectivity index (χ1n) is 10.3. The van der Waals surface area contributed by atoms with Crippen molar-refractivity contribution in [2.45, 2.75) is 11.3 Å². The number of sulfonamides is 1. The standard InChI is InChI=1S/C22H22FN5O4S/c23-16-3-6-18(7-4-16)33(31,32)26-20-8-5-17(15-19(20)21(29)30)27-11-2-12-28(14-13-27)22-24-9-1-10-25-22/h1,3-10,15,26H,2,11-14H2,(H,29,30). The summed E-state index contributed by atoms with van der Waals surface area (Å²) < 4.78 is 40.7. The third-order valence-electron chi connectivity index (χ3n) is 5.30. The molecule has 2 heterocycles. The van der Waals surface area contributed by atoms with E-state index in [0.29, 0.717) is 31.3 Å². The Morgan fingerprint density at radius 3 is 2.33 bits per heavy atom. The highest BCUT2D eigenvalue weighted by molar-refractivity contribution is 7.92. The lowest BCUT2D eigenvalue weighted by Gasteiger charge is -2.24.